The minimum absolute atomic E-state index is 0.606. The van der Waals surface area contributed by atoms with E-state index in [2.05, 4.69) is 39.7 Å². The number of hydrogen-bond donors (Lipinski definition) is 1. The van der Waals surface area contributed by atoms with E-state index in [0.29, 0.717) is 11.2 Å². The van der Waals surface area contributed by atoms with Crippen LogP contribution in [0, 0.1) is 6.92 Å². The van der Waals surface area contributed by atoms with Crippen molar-refractivity contribution in [3.8, 4) is 11.3 Å². The molecule has 0 bridgehead atoms. The summed E-state index contributed by atoms with van der Waals surface area (Å²) in [6.45, 7) is 2.08. The summed E-state index contributed by atoms with van der Waals surface area (Å²) >= 11 is 1.47. The summed E-state index contributed by atoms with van der Waals surface area (Å²) in [5.74, 6) is 1.10. The largest absolute Gasteiger partial charge is 0.375 e. The van der Waals surface area contributed by atoms with Gasteiger partial charge in [0.2, 0.25) is 0 Å². The molecule has 0 aliphatic heterocycles. The Morgan fingerprint density at radius 3 is 2.84 bits per heavy atom. The predicted molar refractivity (Wildman–Crippen MR) is 78.3 cm³/mol. The van der Waals surface area contributed by atoms with Crippen LogP contribution in [0.5, 0.6) is 0 Å². The number of nitrogen functional groups attached to an aromatic ring is 1. The number of rotatable bonds is 2. The van der Waals surface area contributed by atoms with Crippen molar-refractivity contribution >= 4 is 27.5 Å². The smallest absolute Gasteiger partial charge is 0.180 e. The van der Waals surface area contributed by atoms with Crippen LogP contribution in [0.2, 0.25) is 0 Å². The van der Waals surface area contributed by atoms with Gasteiger partial charge in [0, 0.05) is 17.0 Å². The van der Waals surface area contributed by atoms with Crippen LogP contribution in [-0.2, 0) is 0 Å². The summed E-state index contributed by atoms with van der Waals surface area (Å²) in [6, 6.07) is 7.02. The van der Waals surface area contributed by atoms with E-state index in [9.17, 15) is 0 Å². The zero-order valence-corrected chi connectivity index (χ0v) is 11.4. The predicted octanol–water partition coefficient (Wildman–Crippen LogP) is 3.39. The van der Waals surface area contributed by atoms with E-state index in [-0.39, 0.29) is 0 Å². The first-order chi connectivity index (χ1) is 9.22. The Balaban J connectivity index is 1.88. The molecule has 3 aromatic rings. The minimum atomic E-state index is 0.606. The summed E-state index contributed by atoms with van der Waals surface area (Å²) in [6.07, 6.45) is 2.55. The van der Waals surface area contributed by atoms with Gasteiger partial charge in [-0.1, -0.05) is 6.07 Å². The van der Waals surface area contributed by atoms with Crippen LogP contribution in [0.15, 0.2) is 23.6 Å². The quantitative estimate of drug-likeness (QED) is 0.776. The normalized spacial score (nSPS) is 15.2. The molecule has 19 heavy (non-hydrogen) atoms. The summed E-state index contributed by atoms with van der Waals surface area (Å²) < 4.78 is 2.36. The first-order valence-corrected chi connectivity index (χ1v) is 7.30. The molecule has 2 heterocycles. The van der Waals surface area contributed by atoms with Gasteiger partial charge in [0.25, 0.3) is 0 Å². The molecule has 0 atom stereocenters. The molecule has 5 heteroatoms. The van der Waals surface area contributed by atoms with Crippen LogP contribution in [-0.4, -0.2) is 14.5 Å². The molecule has 2 aromatic heterocycles. The lowest BCUT2D eigenvalue weighted by Gasteiger charge is -2.04. The standard InChI is InChI=1S/C14H14N4S/c1-8-16-11-6-9(12-7-19-14(15)17-12)2-5-13(11)18(8)10-3-4-10/h2,5-7,10H,3-4H2,1H3,(H2,15,17). The molecule has 0 amide bonds. The Morgan fingerprint density at radius 1 is 1.32 bits per heavy atom. The highest BCUT2D eigenvalue weighted by molar-refractivity contribution is 7.13. The molecule has 1 aliphatic rings. The minimum Gasteiger partial charge on any atom is -0.375 e. The van der Waals surface area contributed by atoms with Gasteiger partial charge in [-0.05, 0) is 31.9 Å². The van der Waals surface area contributed by atoms with Crippen molar-refractivity contribution < 1.29 is 0 Å². The van der Waals surface area contributed by atoms with Gasteiger partial charge in [0.15, 0.2) is 5.13 Å². The third-order valence-electron chi connectivity index (χ3n) is 3.60. The summed E-state index contributed by atoms with van der Waals surface area (Å²) in [7, 11) is 0. The molecule has 0 radical (unpaired) electrons. The third-order valence-corrected chi connectivity index (χ3v) is 4.27. The number of imidazole rings is 1. The van der Waals surface area contributed by atoms with Gasteiger partial charge in [-0.3, -0.25) is 0 Å². The molecular weight excluding hydrogens is 256 g/mol. The molecule has 1 fully saturated rings. The summed E-state index contributed by atoms with van der Waals surface area (Å²) in [4.78, 5) is 9.00. The highest BCUT2D eigenvalue weighted by atomic mass is 32.1. The van der Waals surface area contributed by atoms with Crippen molar-refractivity contribution in [2.45, 2.75) is 25.8 Å². The number of anilines is 1. The van der Waals surface area contributed by atoms with Crippen molar-refractivity contribution in [3.05, 3.63) is 29.4 Å². The van der Waals surface area contributed by atoms with Gasteiger partial charge in [0.1, 0.15) is 5.82 Å². The van der Waals surface area contributed by atoms with Crippen molar-refractivity contribution in [3.63, 3.8) is 0 Å². The summed E-state index contributed by atoms with van der Waals surface area (Å²) in [5.41, 5.74) is 9.99. The summed E-state index contributed by atoms with van der Waals surface area (Å²) in [5, 5.41) is 2.59. The second-order valence-corrected chi connectivity index (χ2v) is 5.92. The van der Waals surface area contributed by atoms with Crippen LogP contribution in [0.3, 0.4) is 0 Å². The first kappa shape index (κ1) is 11.0. The molecule has 96 valence electrons. The Hall–Kier alpha value is -1.88. The van der Waals surface area contributed by atoms with E-state index >= 15 is 0 Å². The number of hydrogen-bond acceptors (Lipinski definition) is 4. The molecule has 4 rings (SSSR count). The number of fused-ring (bicyclic) bond motifs is 1. The first-order valence-electron chi connectivity index (χ1n) is 6.42. The molecule has 4 nitrogen and oxygen atoms in total. The second kappa shape index (κ2) is 3.81. The fourth-order valence-corrected chi connectivity index (χ4v) is 3.16. The third kappa shape index (κ3) is 1.73. The van der Waals surface area contributed by atoms with E-state index < -0.39 is 0 Å². The van der Waals surface area contributed by atoms with Crippen LogP contribution < -0.4 is 5.73 Å². The van der Waals surface area contributed by atoms with E-state index in [1.54, 1.807) is 0 Å². The Morgan fingerprint density at radius 2 is 2.16 bits per heavy atom. The Bertz CT molecular complexity index is 767. The van der Waals surface area contributed by atoms with Crippen LogP contribution in [0.25, 0.3) is 22.3 Å². The van der Waals surface area contributed by atoms with Gasteiger partial charge in [-0.25, -0.2) is 9.97 Å². The lowest BCUT2D eigenvalue weighted by Crippen LogP contribution is -1.95. The molecule has 0 unspecified atom stereocenters. The maximum absolute atomic E-state index is 5.69. The number of benzene rings is 1. The zero-order chi connectivity index (χ0) is 13.0. The average molecular weight is 270 g/mol. The lowest BCUT2D eigenvalue weighted by molar-refractivity contribution is 0.734. The van der Waals surface area contributed by atoms with Gasteiger partial charge in [-0.2, -0.15) is 0 Å². The second-order valence-electron chi connectivity index (χ2n) is 5.03. The molecule has 1 aliphatic carbocycles. The van der Waals surface area contributed by atoms with E-state index in [4.69, 9.17) is 5.73 Å². The molecular formula is C14H14N4S. The number of nitrogens with zero attached hydrogens (tertiary/aromatic N) is 3. The Labute approximate surface area is 114 Å². The SMILES string of the molecule is Cc1nc2cc(-c3csc(N)n3)ccc2n1C1CC1. The van der Waals surface area contributed by atoms with Crippen molar-refractivity contribution in [2.75, 3.05) is 5.73 Å². The van der Waals surface area contributed by atoms with E-state index in [0.717, 1.165) is 22.6 Å². The average Bonchev–Trinajstić information content (AvgIpc) is 3.03. The maximum Gasteiger partial charge on any atom is 0.180 e. The number of aryl methyl sites for hydroxylation is 1. The van der Waals surface area contributed by atoms with Gasteiger partial charge < -0.3 is 10.3 Å². The van der Waals surface area contributed by atoms with Gasteiger partial charge in [-0.15, -0.1) is 11.3 Å². The van der Waals surface area contributed by atoms with Gasteiger partial charge in [0.05, 0.1) is 16.7 Å². The maximum atomic E-state index is 5.69. The molecule has 0 saturated heterocycles. The van der Waals surface area contributed by atoms with E-state index in [1.807, 2.05) is 5.38 Å². The van der Waals surface area contributed by atoms with Crippen molar-refractivity contribution in [1.29, 1.82) is 0 Å². The topological polar surface area (TPSA) is 56.7 Å². The fourth-order valence-electron chi connectivity index (χ4n) is 2.59. The monoisotopic (exact) mass is 270 g/mol. The molecule has 2 N–H and O–H groups in total. The lowest BCUT2D eigenvalue weighted by atomic mass is 10.1. The zero-order valence-electron chi connectivity index (χ0n) is 10.6. The fraction of sp³-hybridized carbons (Fsp3) is 0.286. The number of thiazole rings is 1. The molecule has 1 aromatic carbocycles. The van der Waals surface area contributed by atoms with E-state index in [1.165, 1.54) is 29.7 Å². The highest BCUT2D eigenvalue weighted by Crippen LogP contribution is 2.39. The van der Waals surface area contributed by atoms with Crippen LogP contribution in [0.1, 0.15) is 24.7 Å². The van der Waals surface area contributed by atoms with Crippen molar-refractivity contribution in [2.24, 2.45) is 0 Å². The highest BCUT2D eigenvalue weighted by Gasteiger charge is 2.26. The van der Waals surface area contributed by atoms with Crippen LogP contribution >= 0.6 is 11.3 Å². The number of nitrogens with two attached hydrogens (primary N) is 1. The Kier molecular flexibility index (Phi) is 2.20. The molecule has 1 saturated carbocycles. The van der Waals surface area contributed by atoms with Gasteiger partial charge >= 0.3 is 0 Å². The molecule has 0 spiro atoms. The van der Waals surface area contributed by atoms with Crippen LogP contribution in [0.4, 0.5) is 5.13 Å². The number of aromatic nitrogens is 3. The van der Waals surface area contributed by atoms with Crippen molar-refractivity contribution in [1.82, 2.24) is 14.5 Å².